The van der Waals surface area contributed by atoms with E-state index in [1.807, 2.05) is 6.08 Å². The highest BCUT2D eigenvalue weighted by Crippen LogP contribution is 2.40. The Bertz CT molecular complexity index is 483. The van der Waals surface area contributed by atoms with Crippen molar-refractivity contribution in [2.45, 2.75) is 11.8 Å². The highest BCUT2D eigenvalue weighted by atomic mass is 32.2. The van der Waals surface area contributed by atoms with Crippen molar-refractivity contribution in [2.24, 2.45) is 5.73 Å². The number of hydrogen-bond acceptors (Lipinski definition) is 2. The Morgan fingerprint density at radius 1 is 1.40 bits per heavy atom. The van der Waals surface area contributed by atoms with Gasteiger partial charge in [-0.25, -0.2) is 0 Å². The molecule has 0 radical (unpaired) electrons. The van der Waals surface area contributed by atoms with Crippen molar-refractivity contribution in [1.29, 1.82) is 0 Å². The van der Waals surface area contributed by atoms with Crippen LogP contribution in [0.25, 0.3) is 5.57 Å². The van der Waals surface area contributed by atoms with Crippen LogP contribution >= 0.6 is 11.8 Å². The van der Waals surface area contributed by atoms with E-state index >= 15 is 0 Å². The fourth-order valence-corrected chi connectivity index (χ4v) is 2.49. The Morgan fingerprint density at radius 2 is 2.13 bits per heavy atom. The molecule has 0 atom stereocenters. The van der Waals surface area contributed by atoms with Gasteiger partial charge >= 0.3 is 0 Å². The predicted molar refractivity (Wildman–Crippen MR) is 67.5 cm³/mol. The Hall–Kier alpha value is -1.41. The average molecular weight is 215 g/mol. The smallest absolute Gasteiger partial charge is 0.0321 e. The molecule has 2 N–H and O–H groups in total. The monoisotopic (exact) mass is 215 g/mol. The van der Waals surface area contributed by atoms with Gasteiger partial charge in [-0.05, 0) is 24.6 Å². The first-order valence-corrected chi connectivity index (χ1v) is 5.54. The van der Waals surface area contributed by atoms with E-state index in [-0.39, 0.29) is 0 Å². The third-order valence-electron chi connectivity index (χ3n) is 2.32. The van der Waals surface area contributed by atoms with Crippen LogP contribution in [0.4, 0.5) is 0 Å². The lowest BCUT2D eigenvalue weighted by atomic mass is 10.0. The average Bonchev–Trinajstić information content (AvgIpc) is 2.17. The summed E-state index contributed by atoms with van der Waals surface area (Å²) in [5.41, 5.74) is 9.78. The second-order valence-corrected chi connectivity index (χ2v) is 4.82. The van der Waals surface area contributed by atoms with Crippen LogP contribution in [0.3, 0.4) is 0 Å². The van der Waals surface area contributed by atoms with Gasteiger partial charge in [0.2, 0.25) is 0 Å². The predicted octanol–water partition coefficient (Wildman–Crippen LogP) is 3.47. The summed E-state index contributed by atoms with van der Waals surface area (Å²) >= 11 is 1.67. The zero-order valence-corrected chi connectivity index (χ0v) is 9.53. The van der Waals surface area contributed by atoms with Crippen molar-refractivity contribution in [3.63, 3.8) is 0 Å². The number of aryl methyl sites for hydroxylation is 1. The van der Waals surface area contributed by atoms with Crippen molar-refractivity contribution in [2.75, 3.05) is 0 Å². The number of benzene rings is 1. The zero-order chi connectivity index (χ0) is 11.0. The summed E-state index contributed by atoms with van der Waals surface area (Å²) in [5.74, 6) is 0. The van der Waals surface area contributed by atoms with Crippen LogP contribution in [0.15, 0.2) is 52.9 Å². The molecule has 76 valence electrons. The van der Waals surface area contributed by atoms with Gasteiger partial charge in [-0.1, -0.05) is 42.6 Å². The minimum atomic E-state index is 0.600. The minimum Gasteiger partial charge on any atom is -0.399 e. The number of nitrogens with two attached hydrogens (primary N) is 1. The second-order valence-electron chi connectivity index (χ2n) is 3.65. The van der Waals surface area contributed by atoms with Gasteiger partial charge in [0, 0.05) is 21.1 Å². The molecular formula is C13H13NS. The van der Waals surface area contributed by atoms with Gasteiger partial charge in [0.05, 0.1) is 0 Å². The number of allylic oxidation sites excluding steroid dienone is 2. The molecule has 0 unspecified atom stereocenters. The summed E-state index contributed by atoms with van der Waals surface area (Å²) in [4.78, 5) is 2.21. The van der Waals surface area contributed by atoms with E-state index in [0.717, 1.165) is 10.5 Å². The highest BCUT2D eigenvalue weighted by Gasteiger charge is 2.15. The van der Waals surface area contributed by atoms with Crippen LogP contribution in [0, 0.1) is 6.92 Å². The molecule has 2 rings (SSSR count). The topological polar surface area (TPSA) is 26.0 Å². The maximum absolute atomic E-state index is 5.78. The molecule has 0 spiro atoms. The molecule has 0 bridgehead atoms. The summed E-state index contributed by atoms with van der Waals surface area (Å²) in [6.07, 6.45) is 1.99. The summed E-state index contributed by atoms with van der Waals surface area (Å²) in [7, 11) is 0. The molecule has 1 aliphatic heterocycles. The first-order chi connectivity index (χ1) is 7.08. The van der Waals surface area contributed by atoms with Gasteiger partial charge < -0.3 is 5.73 Å². The van der Waals surface area contributed by atoms with Gasteiger partial charge in [-0.3, -0.25) is 0 Å². The van der Waals surface area contributed by atoms with Crippen molar-refractivity contribution in [3.8, 4) is 0 Å². The van der Waals surface area contributed by atoms with Crippen LogP contribution in [0.2, 0.25) is 0 Å². The van der Waals surface area contributed by atoms with E-state index in [0.29, 0.717) is 5.70 Å². The Labute approximate surface area is 94.4 Å². The van der Waals surface area contributed by atoms with E-state index in [1.54, 1.807) is 11.8 Å². The lowest BCUT2D eigenvalue weighted by Gasteiger charge is -2.18. The van der Waals surface area contributed by atoms with Crippen molar-refractivity contribution < 1.29 is 0 Å². The summed E-state index contributed by atoms with van der Waals surface area (Å²) in [6.45, 7) is 9.83. The van der Waals surface area contributed by atoms with Crippen LogP contribution in [0.5, 0.6) is 0 Å². The molecule has 1 aromatic carbocycles. The molecule has 0 amide bonds. The maximum atomic E-state index is 5.78. The standard InChI is InChI=1S/C13H13NS/c1-8-4-5-13-12(6-8)11(10(3)14)7-9(2)15-13/h4-7H,2-3,14H2,1H3. The number of hydrogen-bond donors (Lipinski definition) is 1. The van der Waals surface area contributed by atoms with Crippen LogP contribution in [-0.4, -0.2) is 0 Å². The van der Waals surface area contributed by atoms with Gasteiger partial charge in [0.15, 0.2) is 0 Å². The van der Waals surface area contributed by atoms with Crippen LogP contribution in [0.1, 0.15) is 11.1 Å². The van der Waals surface area contributed by atoms with E-state index in [2.05, 4.69) is 38.3 Å². The fraction of sp³-hybridized carbons (Fsp3) is 0.0769. The molecule has 0 aliphatic carbocycles. The van der Waals surface area contributed by atoms with Crippen molar-refractivity contribution in [1.82, 2.24) is 0 Å². The molecule has 2 heteroatoms. The minimum absolute atomic E-state index is 0.600. The first-order valence-electron chi connectivity index (χ1n) is 4.72. The molecule has 1 aromatic rings. The maximum Gasteiger partial charge on any atom is 0.0321 e. The van der Waals surface area contributed by atoms with E-state index < -0.39 is 0 Å². The SMILES string of the molecule is C=C1C=C(C(=C)N)c2cc(C)ccc2S1. The highest BCUT2D eigenvalue weighted by molar-refractivity contribution is 8.03. The Balaban J connectivity index is 2.63. The van der Waals surface area contributed by atoms with Gasteiger partial charge in [0.1, 0.15) is 0 Å². The lowest BCUT2D eigenvalue weighted by Crippen LogP contribution is -2.03. The van der Waals surface area contributed by atoms with Gasteiger partial charge in [-0.15, -0.1) is 0 Å². The lowest BCUT2D eigenvalue weighted by molar-refractivity contribution is 1.30. The van der Waals surface area contributed by atoms with Gasteiger partial charge in [0.25, 0.3) is 0 Å². The Kier molecular flexibility index (Phi) is 2.45. The molecule has 0 saturated carbocycles. The van der Waals surface area contributed by atoms with E-state index in [9.17, 15) is 0 Å². The van der Waals surface area contributed by atoms with E-state index in [4.69, 9.17) is 5.73 Å². The first kappa shape index (κ1) is 10.1. The van der Waals surface area contributed by atoms with Crippen LogP contribution < -0.4 is 5.73 Å². The second kappa shape index (κ2) is 3.63. The van der Waals surface area contributed by atoms with Gasteiger partial charge in [-0.2, -0.15) is 0 Å². The van der Waals surface area contributed by atoms with Crippen molar-refractivity contribution >= 4 is 17.3 Å². The third-order valence-corrected chi connectivity index (χ3v) is 3.27. The molecule has 1 heterocycles. The molecule has 15 heavy (non-hydrogen) atoms. The molecule has 1 nitrogen and oxygen atoms in total. The van der Waals surface area contributed by atoms with E-state index in [1.165, 1.54) is 16.0 Å². The summed E-state index contributed by atoms with van der Waals surface area (Å²) in [5, 5.41) is 0. The van der Waals surface area contributed by atoms with Crippen LogP contribution in [-0.2, 0) is 0 Å². The summed E-state index contributed by atoms with van der Waals surface area (Å²) in [6, 6.07) is 6.34. The normalized spacial score (nSPS) is 14.5. The molecule has 0 fully saturated rings. The molecule has 1 aliphatic rings. The fourth-order valence-electron chi connectivity index (χ4n) is 1.62. The number of rotatable bonds is 1. The Morgan fingerprint density at radius 3 is 2.80 bits per heavy atom. The van der Waals surface area contributed by atoms with Crippen molar-refractivity contribution in [3.05, 3.63) is 59.2 Å². The third kappa shape index (κ3) is 1.85. The number of fused-ring (bicyclic) bond motifs is 1. The number of thioether (sulfide) groups is 1. The molecule has 0 aromatic heterocycles. The summed E-state index contributed by atoms with van der Waals surface area (Å²) < 4.78 is 0. The molecular weight excluding hydrogens is 202 g/mol. The quantitative estimate of drug-likeness (QED) is 0.776. The largest absolute Gasteiger partial charge is 0.399 e. The zero-order valence-electron chi connectivity index (χ0n) is 8.71. The molecule has 0 saturated heterocycles.